The second-order valence-corrected chi connectivity index (χ2v) is 6.49. The minimum atomic E-state index is -0.882. The molecule has 26 heavy (non-hydrogen) atoms. The number of rotatable bonds is 5. The van der Waals surface area contributed by atoms with Gasteiger partial charge in [0.15, 0.2) is 0 Å². The number of aliphatic hydroxyl groups excluding tert-OH is 1. The number of aryl methyl sites for hydroxylation is 1. The van der Waals surface area contributed by atoms with Crippen molar-refractivity contribution in [2.45, 2.75) is 19.4 Å². The van der Waals surface area contributed by atoms with E-state index in [2.05, 4.69) is 12.2 Å². The predicted molar refractivity (Wildman–Crippen MR) is 106 cm³/mol. The third-order valence-corrected chi connectivity index (χ3v) is 4.53. The number of aliphatic hydroxyl groups is 1. The van der Waals surface area contributed by atoms with Crippen molar-refractivity contribution in [1.29, 1.82) is 0 Å². The zero-order valence-electron chi connectivity index (χ0n) is 14.4. The van der Waals surface area contributed by atoms with E-state index in [4.69, 9.17) is 11.6 Å². The molecule has 1 atom stereocenters. The Morgan fingerprint density at radius 2 is 1.73 bits per heavy atom. The average Bonchev–Trinajstić information content (AvgIpc) is 2.69. The highest BCUT2D eigenvalue weighted by Gasteiger charge is 2.17. The van der Waals surface area contributed by atoms with Crippen LogP contribution in [0.5, 0.6) is 0 Å². The van der Waals surface area contributed by atoms with Crippen molar-refractivity contribution < 1.29 is 9.90 Å². The van der Waals surface area contributed by atoms with Crippen LogP contribution in [-0.2, 0) is 6.42 Å². The lowest BCUT2D eigenvalue weighted by Gasteiger charge is -2.17. The number of hydrogen-bond donors (Lipinski definition) is 2. The molecular weight excluding hydrogens is 346 g/mol. The number of hydrogen-bond acceptors (Lipinski definition) is 2. The molecule has 0 aliphatic carbocycles. The van der Waals surface area contributed by atoms with Crippen molar-refractivity contribution >= 4 is 23.2 Å². The number of halogens is 1. The van der Waals surface area contributed by atoms with E-state index in [0.717, 1.165) is 12.0 Å². The topological polar surface area (TPSA) is 49.3 Å². The first-order valence-corrected chi connectivity index (χ1v) is 8.89. The Balaban J connectivity index is 1.89. The van der Waals surface area contributed by atoms with E-state index in [-0.39, 0.29) is 5.91 Å². The van der Waals surface area contributed by atoms with Gasteiger partial charge in [-0.1, -0.05) is 61.0 Å². The lowest BCUT2D eigenvalue weighted by Crippen LogP contribution is -2.14. The van der Waals surface area contributed by atoms with E-state index >= 15 is 0 Å². The number of amides is 1. The van der Waals surface area contributed by atoms with Crippen LogP contribution in [0.25, 0.3) is 0 Å². The van der Waals surface area contributed by atoms with Crippen LogP contribution in [0.2, 0.25) is 5.02 Å². The maximum atomic E-state index is 12.6. The Labute approximate surface area is 158 Å². The van der Waals surface area contributed by atoms with E-state index in [9.17, 15) is 9.90 Å². The number of carbonyl (C=O) groups excluding carboxylic acids is 1. The Morgan fingerprint density at radius 3 is 2.38 bits per heavy atom. The van der Waals surface area contributed by atoms with Gasteiger partial charge < -0.3 is 10.4 Å². The molecule has 0 aliphatic heterocycles. The minimum absolute atomic E-state index is 0.225. The lowest BCUT2D eigenvalue weighted by molar-refractivity contribution is 0.102. The molecule has 0 spiro atoms. The van der Waals surface area contributed by atoms with Gasteiger partial charge in [-0.15, -0.1) is 0 Å². The van der Waals surface area contributed by atoms with Crippen LogP contribution in [0, 0.1) is 0 Å². The fourth-order valence-corrected chi connectivity index (χ4v) is 2.96. The number of benzene rings is 3. The summed E-state index contributed by atoms with van der Waals surface area (Å²) in [6.07, 6.45) is 0.0413. The van der Waals surface area contributed by atoms with Gasteiger partial charge in [-0.25, -0.2) is 0 Å². The standard InChI is InChI=1S/C22H20ClNO2/c1-2-15-8-10-17(11-9-15)22(26)24-20-13-12-18(23)14-19(20)21(25)16-6-4-3-5-7-16/h3-14,21,25H,2H2,1H3,(H,24,26)/t21-/m1/s1. The quantitative estimate of drug-likeness (QED) is 0.649. The Hall–Kier alpha value is -2.62. The fourth-order valence-electron chi connectivity index (χ4n) is 2.77. The van der Waals surface area contributed by atoms with Gasteiger partial charge in [0.25, 0.3) is 5.91 Å². The summed E-state index contributed by atoms with van der Waals surface area (Å²) in [4.78, 5) is 12.6. The molecule has 0 bridgehead atoms. The van der Waals surface area contributed by atoms with Crippen molar-refractivity contribution in [3.05, 3.63) is 100 Å². The van der Waals surface area contributed by atoms with Crippen LogP contribution in [0.3, 0.4) is 0 Å². The van der Waals surface area contributed by atoms with Gasteiger partial charge in [-0.3, -0.25) is 4.79 Å². The molecule has 4 heteroatoms. The van der Waals surface area contributed by atoms with Crippen molar-refractivity contribution in [2.75, 3.05) is 5.32 Å². The average molecular weight is 366 g/mol. The van der Waals surface area contributed by atoms with Crippen LogP contribution in [0.15, 0.2) is 72.8 Å². The highest BCUT2D eigenvalue weighted by atomic mass is 35.5. The van der Waals surface area contributed by atoms with Gasteiger partial charge in [0.2, 0.25) is 0 Å². The van der Waals surface area contributed by atoms with E-state index < -0.39 is 6.10 Å². The summed E-state index contributed by atoms with van der Waals surface area (Å²) in [6.45, 7) is 2.07. The van der Waals surface area contributed by atoms with Gasteiger partial charge >= 0.3 is 0 Å². The molecule has 0 unspecified atom stereocenters. The molecule has 132 valence electrons. The molecule has 0 saturated carbocycles. The number of anilines is 1. The molecular formula is C22H20ClNO2. The van der Waals surface area contributed by atoms with Crippen molar-refractivity contribution in [2.24, 2.45) is 0 Å². The zero-order valence-corrected chi connectivity index (χ0v) is 15.2. The molecule has 0 fully saturated rings. The molecule has 0 saturated heterocycles. The molecule has 0 heterocycles. The predicted octanol–water partition coefficient (Wildman–Crippen LogP) is 5.24. The van der Waals surface area contributed by atoms with E-state index in [1.54, 1.807) is 30.3 Å². The third kappa shape index (κ3) is 4.13. The first-order valence-electron chi connectivity index (χ1n) is 8.51. The molecule has 3 nitrogen and oxygen atoms in total. The van der Waals surface area contributed by atoms with Crippen LogP contribution >= 0.6 is 11.6 Å². The molecule has 0 radical (unpaired) electrons. The van der Waals surface area contributed by atoms with Gasteiger partial charge in [0, 0.05) is 21.8 Å². The lowest BCUT2D eigenvalue weighted by atomic mass is 9.99. The van der Waals surface area contributed by atoms with E-state index in [1.807, 2.05) is 42.5 Å². The monoisotopic (exact) mass is 365 g/mol. The molecule has 0 aromatic heterocycles. The summed E-state index contributed by atoms with van der Waals surface area (Å²) in [6, 6.07) is 21.8. The Kier molecular flexibility index (Phi) is 5.71. The molecule has 1 amide bonds. The molecule has 0 aliphatic rings. The summed E-state index contributed by atoms with van der Waals surface area (Å²) in [5.41, 5.74) is 3.57. The van der Waals surface area contributed by atoms with Crippen molar-refractivity contribution in [1.82, 2.24) is 0 Å². The first kappa shape index (κ1) is 18.2. The molecule has 3 rings (SSSR count). The second kappa shape index (κ2) is 8.17. The largest absolute Gasteiger partial charge is 0.384 e. The maximum Gasteiger partial charge on any atom is 0.255 e. The Bertz CT molecular complexity index is 892. The minimum Gasteiger partial charge on any atom is -0.384 e. The summed E-state index contributed by atoms with van der Waals surface area (Å²) in [5.74, 6) is -0.225. The summed E-state index contributed by atoms with van der Waals surface area (Å²) in [5, 5.41) is 14.1. The number of carbonyl (C=O) groups is 1. The van der Waals surface area contributed by atoms with Crippen molar-refractivity contribution in [3.63, 3.8) is 0 Å². The molecule has 2 N–H and O–H groups in total. The van der Waals surface area contributed by atoms with Crippen molar-refractivity contribution in [3.8, 4) is 0 Å². The maximum absolute atomic E-state index is 12.6. The van der Waals surface area contributed by atoms with Crippen LogP contribution in [0.1, 0.15) is 40.1 Å². The summed E-state index contributed by atoms with van der Waals surface area (Å²) in [7, 11) is 0. The van der Waals surface area contributed by atoms with Crippen LogP contribution in [0.4, 0.5) is 5.69 Å². The summed E-state index contributed by atoms with van der Waals surface area (Å²) < 4.78 is 0. The van der Waals surface area contributed by atoms with E-state index in [0.29, 0.717) is 21.8 Å². The SMILES string of the molecule is CCc1ccc(C(=O)Nc2ccc(Cl)cc2[C@H](O)c2ccccc2)cc1. The first-order chi connectivity index (χ1) is 12.6. The van der Waals surface area contributed by atoms with Gasteiger partial charge in [0.1, 0.15) is 6.10 Å². The van der Waals surface area contributed by atoms with Gasteiger partial charge in [0.05, 0.1) is 0 Å². The molecule has 3 aromatic rings. The highest BCUT2D eigenvalue weighted by molar-refractivity contribution is 6.30. The zero-order chi connectivity index (χ0) is 18.5. The van der Waals surface area contributed by atoms with Crippen LogP contribution in [-0.4, -0.2) is 11.0 Å². The van der Waals surface area contributed by atoms with Gasteiger partial charge in [-0.2, -0.15) is 0 Å². The third-order valence-electron chi connectivity index (χ3n) is 4.30. The van der Waals surface area contributed by atoms with Crippen LogP contribution < -0.4 is 5.32 Å². The normalized spacial score (nSPS) is 11.8. The van der Waals surface area contributed by atoms with Gasteiger partial charge in [-0.05, 0) is 47.9 Å². The second-order valence-electron chi connectivity index (χ2n) is 6.05. The molecule has 3 aromatic carbocycles. The Morgan fingerprint density at radius 1 is 1.04 bits per heavy atom. The fraction of sp³-hybridized carbons (Fsp3) is 0.136. The highest BCUT2D eigenvalue weighted by Crippen LogP contribution is 2.31. The number of nitrogens with one attached hydrogen (secondary N) is 1. The van der Waals surface area contributed by atoms with E-state index in [1.165, 1.54) is 5.56 Å². The smallest absolute Gasteiger partial charge is 0.255 e. The summed E-state index contributed by atoms with van der Waals surface area (Å²) >= 11 is 6.11.